The first kappa shape index (κ1) is 84.4. The molecule has 4 rings (SSSR count). The summed E-state index contributed by atoms with van der Waals surface area (Å²) in [5.41, 5.74) is 7.59. The second-order valence-corrected chi connectivity index (χ2v) is 28.0. The molecule has 2 unspecified atom stereocenters. The van der Waals surface area contributed by atoms with Crippen LogP contribution in [0.15, 0.2) is 60.8 Å². The van der Waals surface area contributed by atoms with Crippen LogP contribution in [0.3, 0.4) is 0 Å². The van der Waals surface area contributed by atoms with Gasteiger partial charge in [-0.2, -0.15) is 0 Å². The Hall–Kier alpha value is -7.99. The summed E-state index contributed by atoms with van der Waals surface area (Å²) in [4.78, 5) is 128. The van der Waals surface area contributed by atoms with Crippen molar-refractivity contribution in [3.05, 3.63) is 77.6 Å². The molecule has 1 fully saturated rings. The van der Waals surface area contributed by atoms with E-state index in [2.05, 4.69) is 68.3 Å². The minimum atomic E-state index is -1.12. The Kier molecular flexibility index (Phi) is 35.2. The number of methoxy groups -OCH3 is 2. The number of hydrogen-bond acceptors (Lipinski definition) is 17. The first-order chi connectivity index (χ1) is 47.3. The number of amides is 11. The maximum atomic E-state index is 14.8. The number of anilines is 1. The van der Waals surface area contributed by atoms with Gasteiger partial charge in [-0.15, -0.1) is 5.10 Å². The molecular weight excluding hydrogens is 1290 g/mol. The number of rotatable bonds is 41. The number of nitrogens with zero attached hydrogens (tertiary/aromatic N) is 6. The number of carbonyl (C=O) groups excluding carboxylic acids is 9. The Bertz CT molecular complexity index is 3090. The quantitative estimate of drug-likeness (QED) is 0.0262. The summed E-state index contributed by atoms with van der Waals surface area (Å²) in [6.45, 7) is 26.5. The number of primary amides is 1. The van der Waals surface area contributed by atoms with E-state index in [4.69, 9.17) is 29.4 Å². The maximum absolute atomic E-state index is 14.8. The Morgan fingerprint density at radius 3 is 1.97 bits per heavy atom. The van der Waals surface area contributed by atoms with Crippen LogP contribution in [0.2, 0.25) is 0 Å². The molecule has 0 spiro atoms. The molecule has 10 N–H and O–H groups in total. The number of aliphatic hydroxyl groups excluding tert-OH is 1. The van der Waals surface area contributed by atoms with Crippen molar-refractivity contribution in [2.75, 3.05) is 79.7 Å². The molecule has 0 bridgehead atoms. The fraction of sp³-hybridized carbons (Fsp3) is 0.676. The van der Waals surface area contributed by atoms with Crippen LogP contribution < -0.4 is 43.0 Å². The van der Waals surface area contributed by atoms with Gasteiger partial charge in [0.15, 0.2) is 0 Å². The van der Waals surface area contributed by atoms with Crippen LogP contribution in [0.1, 0.15) is 160 Å². The predicted molar refractivity (Wildman–Crippen MR) is 390 cm³/mol. The molecule has 572 valence electrons. The lowest BCUT2D eigenvalue weighted by atomic mass is 9.89. The second-order valence-electron chi connectivity index (χ2n) is 28.0. The van der Waals surface area contributed by atoms with E-state index in [0.29, 0.717) is 69.0 Å². The van der Waals surface area contributed by atoms with E-state index in [1.807, 2.05) is 38.2 Å². The van der Waals surface area contributed by atoms with Crippen molar-refractivity contribution >= 4 is 59.3 Å². The molecule has 11 amide bonds. The Balaban J connectivity index is -0.0000177. The highest BCUT2D eigenvalue weighted by molar-refractivity contribution is 5.98. The van der Waals surface area contributed by atoms with Gasteiger partial charge in [0.2, 0.25) is 35.4 Å². The van der Waals surface area contributed by atoms with Gasteiger partial charge < -0.3 is 81.5 Å². The van der Waals surface area contributed by atoms with Crippen molar-refractivity contribution < 1.29 is 80.5 Å². The summed E-state index contributed by atoms with van der Waals surface area (Å²) in [7, 11) is 6.09. The summed E-state index contributed by atoms with van der Waals surface area (Å²) in [6.07, 6.45) is 0.836. The van der Waals surface area contributed by atoms with E-state index < -0.39 is 126 Å². The summed E-state index contributed by atoms with van der Waals surface area (Å²) < 4.78 is 30.7. The van der Waals surface area contributed by atoms with E-state index in [9.17, 15) is 48.3 Å². The predicted octanol–water partition coefficient (Wildman–Crippen LogP) is 6.87. The van der Waals surface area contributed by atoms with Crippen LogP contribution >= 0.6 is 0 Å². The smallest absolute Gasteiger partial charge is 0.410 e. The van der Waals surface area contributed by atoms with Gasteiger partial charge in [-0.1, -0.05) is 137 Å². The second kappa shape index (κ2) is 41.7. The number of hydrogen-bond donors (Lipinski definition) is 9. The molecule has 2 aromatic carbocycles. The topological polar surface area (TPSA) is 371 Å². The fourth-order valence-electron chi connectivity index (χ4n) is 12.1. The number of likely N-dealkylation sites (tertiary alicyclic amines) is 1. The molecule has 0 radical (unpaired) electrons. The molecular formula is C71H128N14O15. The largest absolute Gasteiger partial charge is 0.445 e. The van der Waals surface area contributed by atoms with Gasteiger partial charge in [0.25, 0.3) is 0 Å². The average Bonchev–Trinajstić information content (AvgIpc) is 1.46. The molecule has 1 aliphatic rings. The minimum absolute atomic E-state index is 0. The Labute approximate surface area is 599 Å². The zero-order valence-corrected chi connectivity index (χ0v) is 62.0. The molecule has 0 aliphatic carbocycles. The van der Waals surface area contributed by atoms with Gasteiger partial charge >= 0.3 is 18.2 Å². The lowest BCUT2D eigenvalue weighted by Gasteiger charge is -2.41. The van der Waals surface area contributed by atoms with Gasteiger partial charge in [-0.3, -0.25) is 33.7 Å². The number of aliphatic hydroxyl groups is 1. The number of aromatic nitrogens is 3. The Morgan fingerprint density at radius 2 is 1.39 bits per heavy atom. The zero-order valence-electron chi connectivity index (χ0n) is 62.0. The van der Waals surface area contributed by atoms with Crippen molar-refractivity contribution in [3.8, 4) is 0 Å². The highest BCUT2D eigenvalue weighted by Crippen LogP contribution is 2.31. The van der Waals surface area contributed by atoms with Gasteiger partial charge in [-0.25, -0.2) is 19.1 Å². The SMILES string of the molecule is CC[C@H](C)C([C@@H](CC(=O)N1CCC[C@H]1[C@H](OC)[C@@H](C)C(=O)N[C@H](C)C(O)c1ccccc1)OC)N(C)C(=O)[C@@H](NC(=O)[C@H](C(C)C)N(C)C(=O)OCc1ccc(NC(=O)[C@H](CCCNC(N)=O)NC(=O)[C@@H](NC(=O)NCCOCCOCCn2cc(C(C)(C)C)nn2)C(C)C)cc1)C(C)C.[HH].[HH].[HH].[HH].[HH].[HH]. The minimum Gasteiger partial charge on any atom is -0.445 e. The highest BCUT2D eigenvalue weighted by Gasteiger charge is 2.44. The van der Waals surface area contributed by atoms with E-state index >= 15 is 0 Å². The standard InChI is InChI=1S/C71H116N14O15.6H2/c1-18-46(8)60(54(96-16)40-56(86)85-34-23-27-53(85)62(97-17)47(9)63(88)75-48(10)61(87)50-24-20-19-21-25-50)82(14)67(92)58(44(4)5)78-66(91)59(45(6)7)83(15)70(95)100-42-49-28-30-51(31-29-49)76-64(89)52(26-22-32-73-68(72)93)77-65(90)57(43(2)3)79-69(94)74-33-36-98-38-39-99-37-35-84-41-55(80-81-84)71(11,12)13;;;;;;/h19-21,24-25,28-31,41,43-48,52-54,57-62,87H,18,22-23,26-27,32-40,42H2,1-17H3,(H,75,88)(H,76,89)(H,77,90)(H,78,91)(H3,72,73,93)(H2,74,79,94);6*1H/t46-,47+,48+,52-,53-,54+,57-,58-,59-,60?,61?,62+;;;;;;/m0....../s1. The van der Waals surface area contributed by atoms with E-state index in [0.717, 1.165) is 5.69 Å². The molecule has 0 saturated carbocycles. The maximum Gasteiger partial charge on any atom is 0.410 e. The Morgan fingerprint density at radius 1 is 0.740 bits per heavy atom. The van der Waals surface area contributed by atoms with E-state index in [-0.39, 0.29) is 77.3 Å². The summed E-state index contributed by atoms with van der Waals surface area (Å²) in [6, 6.07) is 8.13. The first-order valence-electron chi connectivity index (χ1n) is 34.9. The summed E-state index contributed by atoms with van der Waals surface area (Å²) in [5, 5.41) is 38.6. The van der Waals surface area contributed by atoms with Crippen LogP contribution in [0.5, 0.6) is 0 Å². The number of nitrogens with two attached hydrogens (primary N) is 1. The molecule has 1 aromatic heterocycles. The highest BCUT2D eigenvalue weighted by atomic mass is 16.6. The van der Waals surface area contributed by atoms with Crippen molar-refractivity contribution in [1.29, 1.82) is 0 Å². The molecule has 100 heavy (non-hydrogen) atoms. The lowest BCUT2D eigenvalue weighted by molar-refractivity contribution is -0.148. The van der Waals surface area contributed by atoms with Crippen LogP contribution in [-0.2, 0) is 71.0 Å². The van der Waals surface area contributed by atoms with Gasteiger partial charge in [0.1, 0.15) is 30.8 Å². The third-order valence-electron chi connectivity index (χ3n) is 18.2. The van der Waals surface area contributed by atoms with E-state index in [1.54, 1.807) is 113 Å². The monoisotopic (exact) mass is 1420 g/mol. The van der Waals surface area contributed by atoms with Crippen molar-refractivity contribution in [1.82, 2.24) is 61.6 Å². The number of nitrogens with one attached hydrogen (secondary N) is 7. The first-order valence-corrected chi connectivity index (χ1v) is 34.9. The van der Waals surface area contributed by atoms with Crippen LogP contribution in [0.25, 0.3) is 0 Å². The van der Waals surface area contributed by atoms with Crippen LogP contribution in [-0.4, -0.2) is 217 Å². The summed E-state index contributed by atoms with van der Waals surface area (Å²) in [5.74, 6) is -4.90. The van der Waals surface area contributed by atoms with Gasteiger partial charge in [0.05, 0.1) is 87.4 Å². The number of benzene rings is 2. The van der Waals surface area contributed by atoms with Gasteiger partial charge in [-0.05, 0) is 79.5 Å². The number of carbonyl (C=O) groups is 9. The van der Waals surface area contributed by atoms with Gasteiger partial charge in [0, 0.05) is 73.8 Å². The molecule has 29 nitrogen and oxygen atoms in total. The molecule has 1 saturated heterocycles. The van der Waals surface area contributed by atoms with E-state index in [1.165, 1.54) is 26.2 Å². The fourth-order valence-corrected chi connectivity index (χ4v) is 12.1. The molecule has 1 aliphatic heterocycles. The van der Waals surface area contributed by atoms with Crippen molar-refractivity contribution in [2.24, 2.45) is 35.3 Å². The zero-order chi connectivity index (χ0) is 74.6. The molecule has 3 aromatic rings. The van der Waals surface area contributed by atoms with Crippen molar-refractivity contribution in [2.45, 2.75) is 208 Å². The molecule has 2 heterocycles. The third kappa shape index (κ3) is 26.2. The van der Waals surface area contributed by atoms with Crippen LogP contribution in [0.4, 0.5) is 20.1 Å². The number of urea groups is 2. The molecule has 29 heteroatoms. The normalized spacial score (nSPS) is 16.5. The average molecular weight is 1420 g/mol. The molecule has 12 atom stereocenters. The third-order valence-corrected chi connectivity index (χ3v) is 18.2. The van der Waals surface area contributed by atoms with Crippen molar-refractivity contribution in [3.63, 3.8) is 0 Å². The number of likely N-dealkylation sites (N-methyl/N-ethyl adjacent to an activating group) is 2. The lowest BCUT2D eigenvalue weighted by Crippen LogP contribution is -2.60. The van der Waals surface area contributed by atoms with Crippen LogP contribution in [0, 0.1) is 29.6 Å². The summed E-state index contributed by atoms with van der Waals surface area (Å²) >= 11 is 0. The number of ether oxygens (including phenoxy) is 5.